The minimum Gasteiger partial charge on any atom is -0.481 e. The van der Waals surface area contributed by atoms with E-state index in [0.717, 1.165) is 22.9 Å². The molecular weight excluding hydrogens is 288 g/mol. The SMILES string of the molecule is O=C(O)COc1ccc(Br)c2c1C(=O)CCC2. The summed E-state index contributed by atoms with van der Waals surface area (Å²) in [5, 5.41) is 8.58. The summed E-state index contributed by atoms with van der Waals surface area (Å²) in [6.45, 7) is -0.429. The molecule has 1 aromatic rings. The minimum absolute atomic E-state index is 0.0212. The van der Waals surface area contributed by atoms with E-state index in [2.05, 4.69) is 15.9 Å². The number of carbonyl (C=O) groups excluding carboxylic acids is 1. The van der Waals surface area contributed by atoms with Gasteiger partial charge in [-0.2, -0.15) is 0 Å². The lowest BCUT2D eigenvalue weighted by Gasteiger charge is -2.19. The van der Waals surface area contributed by atoms with Gasteiger partial charge in [-0.3, -0.25) is 4.79 Å². The number of hydrogen-bond acceptors (Lipinski definition) is 3. The molecule has 0 heterocycles. The summed E-state index contributed by atoms with van der Waals surface area (Å²) in [5.74, 6) is -0.659. The molecule has 1 aromatic carbocycles. The second-order valence-electron chi connectivity index (χ2n) is 3.86. The fourth-order valence-electron chi connectivity index (χ4n) is 1.96. The molecule has 5 heteroatoms. The molecule has 0 saturated carbocycles. The molecule has 0 atom stereocenters. The quantitative estimate of drug-likeness (QED) is 0.931. The smallest absolute Gasteiger partial charge is 0.341 e. The third-order valence-corrected chi connectivity index (χ3v) is 3.42. The highest BCUT2D eigenvalue weighted by atomic mass is 79.9. The Labute approximate surface area is 107 Å². The average molecular weight is 299 g/mol. The lowest BCUT2D eigenvalue weighted by molar-refractivity contribution is -0.139. The molecule has 17 heavy (non-hydrogen) atoms. The van der Waals surface area contributed by atoms with Crippen LogP contribution >= 0.6 is 15.9 Å². The van der Waals surface area contributed by atoms with Gasteiger partial charge in [0.2, 0.25) is 0 Å². The first kappa shape index (κ1) is 12.1. The number of carboxylic acid groups (broad SMARTS) is 1. The van der Waals surface area contributed by atoms with Crippen molar-refractivity contribution in [3.63, 3.8) is 0 Å². The van der Waals surface area contributed by atoms with Crippen molar-refractivity contribution >= 4 is 27.7 Å². The van der Waals surface area contributed by atoms with Crippen LogP contribution in [0.2, 0.25) is 0 Å². The minimum atomic E-state index is -1.05. The fourth-order valence-corrected chi connectivity index (χ4v) is 2.49. The van der Waals surface area contributed by atoms with E-state index >= 15 is 0 Å². The molecule has 0 bridgehead atoms. The highest BCUT2D eigenvalue weighted by molar-refractivity contribution is 9.10. The summed E-state index contributed by atoms with van der Waals surface area (Å²) in [6.07, 6.45) is 2.13. The zero-order valence-electron chi connectivity index (χ0n) is 9.03. The van der Waals surface area contributed by atoms with Crippen molar-refractivity contribution in [2.75, 3.05) is 6.61 Å². The molecular formula is C12H11BrO4. The maximum absolute atomic E-state index is 11.9. The van der Waals surface area contributed by atoms with Crippen molar-refractivity contribution in [2.24, 2.45) is 0 Å². The maximum Gasteiger partial charge on any atom is 0.341 e. The van der Waals surface area contributed by atoms with Crippen LogP contribution in [0.4, 0.5) is 0 Å². The van der Waals surface area contributed by atoms with E-state index in [-0.39, 0.29) is 5.78 Å². The molecule has 2 rings (SSSR count). The summed E-state index contributed by atoms with van der Waals surface area (Å²) in [6, 6.07) is 3.42. The maximum atomic E-state index is 11.9. The average Bonchev–Trinajstić information content (AvgIpc) is 2.29. The number of halogens is 1. The van der Waals surface area contributed by atoms with E-state index in [4.69, 9.17) is 9.84 Å². The second kappa shape index (κ2) is 4.87. The number of ether oxygens (including phenoxy) is 1. The molecule has 1 aliphatic rings. The zero-order chi connectivity index (χ0) is 12.4. The van der Waals surface area contributed by atoms with Gasteiger partial charge in [0.1, 0.15) is 5.75 Å². The summed E-state index contributed by atoms with van der Waals surface area (Å²) in [7, 11) is 0. The van der Waals surface area contributed by atoms with Gasteiger partial charge < -0.3 is 9.84 Å². The molecule has 4 nitrogen and oxygen atoms in total. The summed E-state index contributed by atoms with van der Waals surface area (Å²) in [5.41, 5.74) is 1.45. The Morgan fingerprint density at radius 2 is 2.18 bits per heavy atom. The van der Waals surface area contributed by atoms with E-state index < -0.39 is 12.6 Å². The normalized spacial score (nSPS) is 14.3. The molecule has 0 radical (unpaired) electrons. The van der Waals surface area contributed by atoms with Crippen molar-refractivity contribution in [3.8, 4) is 5.75 Å². The number of hydrogen-bond donors (Lipinski definition) is 1. The number of Topliss-reactive ketones (excluding diaryl/α,β-unsaturated/α-hetero) is 1. The topological polar surface area (TPSA) is 63.6 Å². The van der Waals surface area contributed by atoms with Crippen LogP contribution in [-0.2, 0) is 11.2 Å². The summed E-state index contributed by atoms with van der Waals surface area (Å²) < 4.78 is 6.03. The van der Waals surface area contributed by atoms with Crippen molar-refractivity contribution in [1.82, 2.24) is 0 Å². The summed E-state index contributed by atoms with van der Waals surface area (Å²) >= 11 is 3.40. The lowest BCUT2D eigenvalue weighted by Crippen LogP contribution is -2.16. The summed E-state index contributed by atoms with van der Waals surface area (Å²) in [4.78, 5) is 22.3. The van der Waals surface area contributed by atoms with Gasteiger partial charge in [0.05, 0.1) is 5.56 Å². The van der Waals surface area contributed by atoms with Gasteiger partial charge in [-0.15, -0.1) is 0 Å². The molecule has 1 N–H and O–H groups in total. The van der Waals surface area contributed by atoms with Gasteiger partial charge in [0.15, 0.2) is 12.4 Å². The van der Waals surface area contributed by atoms with Crippen LogP contribution < -0.4 is 4.74 Å². The van der Waals surface area contributed by atoms with Gasteiger partial charge in [-0.1, -0.05) is 15.9 Å². The van der Waals surface area contributed by atoms with E-state index in [0.29, 0.717) is 17.7 Å². The Morgan fingerprint density at radius 3 is 2.88 bits per heavy atom. The number of aliphatic carboxylic acids is 1. The predicted octanol–water partition coefficient (Wildman–Crippen LogP) is 2.43. The predicted molar refractivity (Wildman–Crippen MR) is 64.5 cm³/mol. The van der Waals surface area contributed by atoms with Gasteiger partial charge in [-0.25, -0.2) is 4.79 Å². The van der Waals surface area contributed by atoms with Crippen LogP contribution in [0, 0.1) is 0 Å². The van der Waals surface area contributed by atoms with Crippen LogP contribution in [0.3, 0.4) is 0 Å². The van der Waals surface area contributed by atoms with Crippen LogP contribution in [0.5, 0.6) is 5.75 Å². The van der Waals surface area contributed by atoms with Crippen LogP contribution in [0.1, 0.15) is 28.8 Å². The van der Waals surface area contributed by atoms with E-state index in [1.807, 2.05) is 0 Å². The molecule has 1 aliphatic carbocycles. The number of ketones is 1. The number of rotatable bonds is 3. The Hall–Kier alpha value is -1.36. The monoisotopic (exact) mass is 298 g/mol. The van der Waals surface area contributed by atoms with Gasteiger partial charge in [0.25, 0.3) is 0 Å². The molecule has 0 amide bonds. The van der Waals surface area contributed by atoms with Gasteiger partial charge in [-0.05, 0) is 30.5 Å². The largest absolute Gasteiger partial charge is 0.481 e. The Bertz CT molecular complexity index is 482. The standard InChI is InChI=1S/C12H11BrO4/c13-8-4-5-10(17-6-11(15)16)12-7(8)2-1-3-9(12)14/h4-5H,1-3,6H2,(H,15,16). The first-order chi connectivity index (χ1) is 8.09. The Morgan fingerprint density at radius 1 is 1.41 bits per heavy atom. The van der Waals surface area contributed by atoms with E-state index in [9.17, 15) is 9.59 Å². The van der Waals surface area contributed by atoms with Crippen molar-refractivity contribution in [2.45, 2.75) is 19.3 Å². The van der Waals surface area contributed by atoms with Crippen LogP contribution in [0.15, 0.2) is 16.6 Å². The second-order valence-corrected chi connectivity index (χ2v) is 4.71. The number of fused-ring (bicyclic) bond motifs is 1. The Balaban J connectivity index is 2.39. The van der Waals surface area contributed by atoms with E-state index in [1.54, 1.807) is 12.1 Å². The molecule has 90 valence electrons. The molecule has 0 aliphatic heterocycles. The molecule has 0 saturated heterocycles. The third kappa shape index (κ3) is 2.49. The first-order valence-corrected chi connectivity index (χ1v) is 6.08. The third-order valence-electron chi connectivity index (χ3n) is 2.68. The number of carbonyl (C=O) groups is 2. The highest BCUT2D eigenvalue weighted by Gasteiger charge is 2.23. The zero-order valence-corrected chi connectivity index (χ0v) is 10.6. The first-order valence-electron chi connectivity index (χ1n) is 5.28. The van der Waals surface area contributed by atoms with Crippen molar-refractivity contribution < 1.29 is 19.4 Å². The van der Waals surface area contributed by atoms with E-state index in [1.165, 1.54) is 0 Å². The number of carboxylic acids is 1. The molecule has 0 aromatic heterocycles. The van der Waals surface area contributed by atoms with Crippen LogP contribution in [-0.4, -0.2) is 23.5 Å². The Kier molecular flexibility index (Phi) is 3.47. The van der Waals surface area contributed by atoms with Crippen molar-refractivity contribution in [1.29, 1.82) is 0 Å². The lowest BCUT2D eigenvalue weighted by atomic mass is 9.90. The van der Waals surface area contributed by atoms with Crippen molar-refractivity contribution in [3.05, 3.63) is 27.7 Å². The molecule has 0 unspecified atom stereocenters. The number of benzene rings is 1. The van der Waals surface area contributed by atoms with Gasteiger partial charge >= 0.3 is 5.97 Å². The molecule has 0 spiro atoms. The van der Waals surface area contributed by atoms with Crippen LogP contribution in [0.25, 0.3) is 0 Å². The van der Waals surface area contributed by atoms with Gasteiger partial charge in [0, 0.05) is 10.9 Å². The fraction of sp³-hybridized carbons (Fsp3) is 0.333. The molecule has 0 fully saturated rings. The highest BCUT2D eigenvalue weighted by Crippen LogP contribution is 2.34.